The number of carbonyl (C=O) groups excluding carboxylic acids is 1. The molecular weight excluding hydrogens is 258 g/mol. The van der Waals surface area contributed by atoms with E-state index in [9.17, 15) is 4.79 Å². The van der Waals surface area contributed by atoms with Gasteiger partial charge < -0.3 is 15.1 Å². The molecule has 1 fully saturated rings. The van der Waals surface area contributed by atoms with Crippen LogP contribution in [0.4, 0.5) is 0 Å². The van der Waals surface area contributed by atoms with Gasteiger partial charge in [0, 0.05) is 50.1 Å². The lowest BCUT2D eigenvalue weighted by Crippen LogP contribution is -2.45. The summed E-state index contributed by atoms with van der Waals surface area (Å²) in [7, 11) is 4.11. The maximum Gasteiger partial charge on any atom is 0.224 e. The van der Waals surface area contributed by atoms with Crippen molar-refractivity contribution in [3.63, 3.8) is 0 Å². The van der Waals surface area contributed by atoms with Crippen LogP contribution in [0.25, 0.3) is 0 Å². The van der Waals surface area contributed by atoms with Gasteiger partial charge in [0.05, 0.1) is 0 Å². The summed E-state index contributed by atoms with van der Waals surface area (Å²) in [6.07, 6.45) is 0.646. The zero-order valence-corrected chi connectivity index (χ0v) is 13.6. The van der Waals surface area contributed by atoms with Crippen LogP contribution in [0.3, 0.4) is 0 Å². The normalized spacial score (nSPS) is 20.0. The average Bonchev–Trinajstić information content (AvgIpc) is 2.35. The summed E-state index contributed by atoms with van der Waals surface area (Å²) in [6.45, 7) is 8.02. The van der Waals surface area contributed by atoms with Crippen molar-refractivity contribution in [2.75, 3.05) is 51.8 Å². The van der Waals surface area contributed by atoms with Crippen molar-refractivity contribution in [2.24, 2.45) is 5.92 Å². The largest absolute Gasteiger partial charge is 0.341 e. The second-order valence-electron chi connectivity index (χ2n) is 5.97. The molecule has 0 saturated carbocycles. The first-order valence-corrected chi connectivity index (χ1v) is 8.38. The molecule has 1 aliphatic heterocycles. The molecule has 5 heteroatoms. The first-order valence-electron chi connectivity index (χ1n) is 7.22. The monoisotopic (exact) mass is 287 g/mol. The van der Waals surface area contributed by atoms with Crippen LogP contribution in [0.5, 0.6) is 0 Å². The second-order valence-corrected chi connectivity index (χ2v) is 7.12. The molecule has 0 aromatic heterocycles. The maximum absolute atomic E-state index is 12.4. The third kappa shape index (κ3) is 7.18. The number of amides is 1. The van der Waals surface area contributed by atoms with Crippen molar-refractivity contribution in [3.8, 4) is 0 Å². The van der Waals surface area contributed by atoms with Gasteiger partial charge in [0.1, 0.15) is 0 Å². The van der Waals surface area contributed by atoms with E-state index < -0.39 is 0 Å². The van der Waals surface area contributed by atoms with E-state index in [2.05, 4.69) is 38.2 Å². The SMILES string of the molecule is CC(C)CN(CCN(C)C)C(=O)CC1CSCCN1. The summed E-state index contributed by atoms with van der Waals surface area (Å²) in [6, 6.07) is 0.361. The Labute approximate surface area is 122 Å². The number of hydrogen-bond acceptors (Lipinski definition) is 4. The van der Waals surface area contributed by atoms with Crippen molar-refractivity contribution in [1.82, 2.24) is 15.1 Å². The standard InChI is InChI=1S/C14H29N3OS/c1-12(2)10-17(7-6-16(3)4)14(18)9-13-11-19-8-5-15-13/h12-13,15H,5-11H2,1-4H3. The van der Waals surface area contributed by atoms with Crippen molar-refractivity contribution in [3.05, 3.63) is 0 Å². The van der Waals surface area contributed by atoms with Crippen LogP contribution in [0.1, 0.15) is 20.3 Å². The first-order chi connectivity index (χ1) is 8.99. The molecule has 1 atom stereocenters. The Hall–Kier alpha value is -0.260. The molecule has 1 amide bonds. The molecule has 1 N–H and O–H groups in total. The molecule has 0 bridgehead atoms. The Morgan fingerprint density at radius 2 is 2.11 bits per heavy atom. The minimum atomic E-state index is 0.301. The molecule has 1 aliphatic rings. The predicted molar refractivity (Wildman–Crippen MR) is 83.7 cm³/mol. The molecule has 1 rings (SSSR count). The third-order valence-corrected chi connectivity index (χ3v) is 4.31. The summed E-state index contributed by atoms with van der Waals surface area (Å²) in [5.74, 6) is 3.06. The summed E-state index contributed by atoms with van der Waals surface area (Å²) in [4.78, 5) is 16.6. The van der Waals surface area contributed by atoms with Gasteiger partial charge in [0.15, 0.2) is 0 Å². The lowest BCUT2D eigenvalue weighted by molar-refractivity contribution is -0.132. The molecule has 0 spiro atoms. The molecular formula is C14H29N3OS. The highest BCUT2D eigenvalue weighted by atomic mass is 32.2. The number of carbonyl (C=O) groups is 1. The van der Waals surface area contributed by atoms with Gasteiger partial charge in [-0.05, 0) is 20.0 Å². The molecule has 0 aromatic carbocycles. The van der Waals surface area contributed by atoms with Crippen LogP contribution >= 0.6 is 11.8 Å². The van der Waals surface area contributed by atoms with Crippen molar-refractivity contribution < 1.29 is 4.79 Å². The molecule has 4 nitrogen and oxygen atoms in total. The topological polar surface area (TPSA) is 35.6 Å². The molecule has 1 heterocycles. The van der Waals surface area contributed by atoms with Gasteiger partial charge >= 0.3 is 0 Å². The first kappa shape index (κ1) is 16.8. The van der Waals surface area contributed by atoms with Gasteiger partial charge in [-0.3, -0.25) is 4.79 Å². The Morgan fingerprint density at radius 1 is 1.37 bits per heavy atom. The Morgan fingerprint density at radius 3 is 2.63 bits per heavy atom. The molecule has 1 unspecified atom stereocenters. The van der Waals surface area contributed by atoms with Crippen LogP contribution in [-0.4, -0.2) is 73.5 Å². The van der Waals surface area contributed by atoms with Gasteiger partial charge in [-0.15, -0.1) is 0 Å². The highest BCUT2D eigenvalue weighted by Crippen LogP contribution is 2.12. The third-order valence-electron chi connectivity index (χ3n) is 3.17. The molecule has 19 heavy (non-hydrogen) atoms. The van der Waals surface area contributed by atoms with Crippen molar-refractivity contribution in [2.45, 2.75) is 26.3 Å². The van der Waals surface area contributed by atoms with Crippen LogP contribution in [0.2, 0.25) is 0 Å². The minimum absolute atomic E-state index is 0.301. The van der Waals surface area contributed by atoms with Gasteiger partial charge in [0.25, 0.3) is 0 Å². The van der Waals surface area contributed by atoms with Crippen molar-refractivity contribution in [1.29, 1.82) is 0 Å². The van der Waals surface area contributed by atoms with Gasteiger partial charge in [-0.1, -0.05) is 13.8 Å². The van der Waals surface area contributed by atoms with E-state index in [0.29, 0.717) is 24.3 Å². The fourth-order valence-electron chi connectivity index (χ4n) is 2.17. The van der Waals surface area contributed by atoms with Crippen LogP contribution < -0.4 is 5.32 Å². The zero-order chi connectivity index (χ0) is 14.3. The number of nitrogens with one attached hydrogen (secondary N) is 1. The quantitative estimate of drug-likeness (QED) is 0.761. The van der Waals surface area contributed by atoms with E-state index in [1.54, 1.807) is 0 Å². The van der Waals surface area contributed by atoms with Gasteiger partial charge in [-0.25, -0.2) is 0 Å². The lowest BCUT2D eigenvalue weighted by atomic mass is 10.1. The van der Waals surface area contributed by atoms with Crippen LogP contribution in [-0.2, 0) is 4.79 Å². The van der Waals surface area contributed by atoms with E-state index in [4.69, 9.17) is 0 Å². The van der Waals surface area contributed by atoms with Crippen LogP contribution in [0, 0.1) is 5.92 Å². The average molecular weight is 287 g/mol. The number of likely N-dealkylation sites (N-methyl/N-ethyl adjacent to an activating group) is 1. The highest BCUT2D eigenvalue weighted by molar-refractivity contribution is 7.99. The fourth-order valence-corrected chi connectivity index (χ4v) is 3.12. The zero-order valence-electron chi connectivity index (χ0n) is 12.8. The van der Waals surface area contributed by atoms with E-state index in [0.717, 1.165) is 31.9 Å². The van der Waals surface area contributed by atoms with Crippen molar-refractivity contribution >= 4 is 17.7 Å². The van der Waals surface area contributed by atoms with E-state index in [-0.39, 0.29) is 0 Å². The summed E-state index contributed by atoms with van der Waals surface area (Å²) in [5.41, 5.74) is 0. The highest BCUT2D eigenvalue weighted by Gasteiger charge is 2.21. The lowest BCUT2D eigenvalue weighted by Gasteiger charge is -2.29. The number of nitrogens with zero attached hydrogens (tertiary/aromatic N) is 2. The van der Waals surface area contributed by atoms with E-state index in [1.807, 2.05) is 16.7 Å². The minimum Gasteiger partial charge on any atom is -0.341 e. The molecule has 0 aliphatic carbocycles. The van der Waals surface area contributed by atoms with E-state index >= 15 is 0 Å². The Bertz CT molecular complexity index is 265. The summed E-state index contributed by atoms with van der Waals surface area (Å²) < 4.78 is 0. The summed E-state index contributed by atoms with van der Waals surface area (Å²) >= 11 is 1.95. The maximum atomic E-state index is 12.4. The molecule has 0 radical (unpaired) electrons. The molecule has 112 valence electrons. The van der Waals surface area contributed by atoms with Gasteiger partial charge in [-0.2, -0.15) is 11.8 Å². The van der Waals surface area contributed by atoms with Crippen LogP contribution in [0.15, 0.2) is 0 Å². The number of rotatable bonds is 7. The summed E-state index contributed by atoms with van der Waals surface area (Å²) in [5, 5.41) is 3.44. The fraction of sp³-hybridized carbons (Fsp3) is 0.929. The Kier molecular flexibility index (Phi) is 7.80. The van der Waals surface area contributed by atoms with E-state index in [1.165, 1.54) is 5.75 Å². The van der Waals surface area contributed by atoms with Gasteiger partial charge in [0.2, 0.25) is 5.91 Å². The second kappa shape index (κ2) is 8.82. The molecule has 1 saturated heterocycles. The molecule has 0 aromatic rings. The number of thioether (sulfide) groups is 1. The number of hydrogen-bond donors (Lipinski definition) is 1. The Balaban J connectivity index is 2.44. The smallest absolute Gasteiger partial charge is 0.224 e. The predicted octanol–water partition coefficient (Wildman–Crippen LogP) is 1.13.